The van der Waals surface area contributed by atoms with Crippen LogP contribution >= 0.6 is 23.4 Å². The minimum absolute atomic E-state index is 0.126. The average molecular weight is 375 g/mol. The predicted octanol–water partition coefficient (Wildman–Crippen LogP) is 4.68. The maximum absolute atomic E-state index is 13.1. The number of hydrogen-bond donors (Lipinski definition) is 0. The molecule has 0 amide bonds. The lowest BCUT2D eigenvalue weighted by Gasteiger charge is -2.13. The normalized spacial score (nSPS) is 10.8. The number of thioether (sulfide) groups is 1. The molecule has 0 saturated carbocycles. The van der Waals surface area contributed by atoms with Crippen LogP contribution in [0.5, 0.6) is 0 Å². The highest BCUT2D eigenvalue weighted by Crippen LogP contribution is 2.25. The second-order valence-corrected chi connectivity index (χ2v) is 6.96. The van der Waals surface area contributed by atoms with Gasteiger partial charge in [-0.3, -0.25) is 9.36 Å². The third kappa shape index (κ3) is 4.50. The van der Waals surface area contributed by atoms with Gasteiger partial charge in [0.2, 0.25) is 0 Å². The van der Waals surface area contributed by atoms with E-state index in [1.807, 2.05) is 24.3 Å². The largest absolute Gasteiger partial charge is 0.283 e. The van der Waals surface area contributed by atoms with E-state index in [1.165, 1.54) is 30.0 Å². The van der Waals surface area contributed by atoms with Crippen molar-refractivity contribution in [3.05, 3.63) is 92.6 Å². The third-order valence-corrected chi connectivity index (χ3v) is 5.06. The maximum atomic E-state index is 13.1. The van der Waals surface area contributed by atoms with Crippen LogP contribution < -0.4 is 5.56 Å². The van der Waals surface area contributed by atoms with Gasteiger partial charge in [-0.25, -0.2) is 9.37 Å². The summed E-state index contributed by atoms with van der Waals surface area (Å²) in [7, 11) is 0. The molecule has 0 aliphatic heterocycles. The van der Waals surface area contributed by atoms with Crippen molar-refractivity contribution in [1.29, 1.82) is 0 Å². The molecule has 1 aromatic heterocycles. The van der Waals surface area contributed by atoms with Crippen LogP contribution in [-0.2, 0) is 12.3 Å². The van der Waals surface area contributed by atoms with E-state index in [0.717, 1.165) is 11.1 Å². The van der Waals surface area contributed by atoms with Crippen molar-refractivity contribution in [1.82, 2.24) is 9.55 Å². The molecule has 3 rings (SSSR count). The van der Waals surface area contributed by atoms with Crippen LogP contribution in [0.3, 0.4) is 0 Å². The highest BCUT2D eigenvalue weighted by atomic mass is 35.5. The van der Waals surface area contributed by atoms with Crippen LogP contribution in [0.4, 0.5) is 4.39 Å². The Labute approximate surface area is 154 Å². The minimum atomic E-state index is -0.300. The number of hydrogen-bond acceptors (Lipinski definition) is 3. The van der Waals surface area contributed by atoms with Gasteiger partial charge in [-0.15, -0.1) is 0 Å². The Kier molecular flexibility index (Phi) is 5.56. The first-order chi connectivity index (χ1) is 12.0. The number of nitrogens with zero attached hydrogens (tertiary/aromatic N) is 2. The number of aromatic nitrogens is 2. The van der Waals surface area contributed by atoms with Gasteiger partial charge >= 0.3 is 0 Å². The van der Waals surface area contributed by atoms with E-state index in [1.54, 1.807) is 23.6 Å². The Morgan fingerprint density at radius 1 is 1.16 bits per heavy atom. The smallest absolute Gasteiger partial charge is 0.254 e. The molecule has 0 fully saturated rings. The average Bonchev–Trinajstić information content (AvgIpc) is 2.58. The van der Waals surface area contributed by atoms with E-state index < -0.39 is 0 Å². The Hall–Kier alpha value is -2.11. The number of halogens is 2. The second-order valence-electron chi connectivity index (χ2n) is 5.61. The van der Waals surface area contributed by atoms with Gasteiger partial charge in [-0.1, -0.05) is 53.7 Å². The van der Waals surface area contributed by atoms with Crippen molar-refractivity contribution in [2.45, 2.75) is 24.4 Å². The molecule has 0 radical (unpaired) electrons. The van der Waals surface area contributed by atoms with Crippen molar-refractivity contribution in [3.8, 4) is 0 Å². The van der Waals surface area contributed by atoms with Crippen molar-refractivity contribution in [3.63, 3.8) is 0 Å². The molecule has 0 N–H and O–H groups in total. The summed E-state index contributed by atoms with van der Waals surface area (Å²) in [5.41, 5.74) is 2.37. The lowest BCUT2D eigenvalue weighted by Crippen LogP contribution is -2.23. The number of rotatable bonds is 5. The highest BCUT2D eigenvalue weighted by molar-refractivity contribution is 7.98. The van der Waals surface area contributed by atoms with Gasteiger partial charge in [0.1, 0.15) is 5.82 Å². The van der Waals surface area contributed by atoms with Gasteiger partial charge in [0, 0.05) is 22.5 Å². The Morgan fingerprint density at radius 2 is 1.88 bits per heavy atom. The highest BCUT2D eigenvalue weighted by Gasteiger charge is 2.10. The first-order valence-corrected chi connectivity index (χ1v) is 9.08. The lowest BCUT2D eigenvalue weighted by molar-refractivity contribution is 0.619. The molecule has 128 valence electrons. The summed E-state index contributed by atoms with van der Waals surface area (Å²) >= 11 is 7.66. The van der Waals surface area contributed by atoms with Gasteiger partial charge in [0.25, 0.3) is 5.56 Å². The van der Waals surface area contributed by atoms with E-state index in [2.05, 4.69) is 4.98 Å². The van der Waals surface area contributed by atoms with Crippen LogP contribution in [0, 0.1) is 12.7 Å². The molecule has 1 heterocycles. The molecule has 3 aromatic rings. The first-order valence-electron chi connectivity index (χ1n) is 7.72. The molecule has 6 heteroatoms. The van der Waals surface area contributed by atoms with Crippen LogP contribution in [0.25, 0.3) is 0 Å². The summed E-state index contributed by atoms with van der Waals surface area (Å²) in [4.78, 5) is 16.9. The third-order valence-electron chi connectivity index (χ3n) is 3.67. The number of benzene rings is 2. The quantitative estimate of drug-likeness (QED) is 0.480. The standard InChI is InChI=1S/C19H16ClFN2OS/c1-13-10-18(24)23(11-14-6-8-16(21)9-7-14)19(22-13)25-12-15-4-2-3-5-17(15)20/h2-10H,11-12H2,1H3. The summed E-state index contributed by atoms with van der Waals surface area (Å²) in [6.45, 7) is 2.14. The number of aryl methyl sites for hydroxylation is 1. The van der Waals surface area contributed by atoms with Crippen LogP contribution in [0.15, 0.2) is 64.5 Å². The van der Waals surface area contributed by atoms with Crippen LogP contribution in [0.2, 0.25) is 5.02 Å². The van der Waals surface area contributed by atoms with Gasteiger partial charge in [0.05, 0.1) is 6.54 Å². The van der Waals surface area contributed by atoms with Crippen molar-refractivity contribution in [2.24, 2.45) is 0 Å². The summed E-state index contributed by atoms with van der Waals surface area (Å²) in [5, 5.41) is 1.31. The minimum Gasteiger partial charge on any atom is -0.283 e. The first kappa shape index (κ1) is 17.7. The monoisotopic (exact) mass is 374 g/mol. The molecule has 0 bridgehead atoms. The molecular weight excluding hydrogens is 359 g/mol. The zero-order chi connectivity index (χ0) is 17.8. The SMILES string of the molecule is Cc1cc(=O)n(Cc2ccc(F)cc2)c(SCc2ccccc2Cl)n1. The predicted molar refractivity (Wildman–Crippen MR) is 99.7 cm³/mol. The summed E-state index contributed by atoms with van der Waals surface area (Å²) in [5.74, 6) is 0.311. The van der Waals surface area contributed by atoms with Crippen LogP contribution in [-0.4, -0.2) is 9.55 Å². The van der Waals surface area contributed by atoms with Gasteiger partial charge < -0.3 is 0 Å². The van der Waals surface area contributed by atoms with E-state index in [0.29, 0.717) is 28.2 Å². The molecule has 0 unspecified atom stereocenters. The molecule has 3 nitrogen and oxygen atoms in total. The summed E-state index contributed by atoms with van der Waals surface area (Å²) < 4.78 is 14.7. The van der Waals surface area contributed by atoms with Gasteiger partial charge in [-0.05, 0) is 36.2 Å². The van der Waals surface area contributed by atoms with E-state index in [9.17, 15) is 9.18 Å². The van der Waals surface area contributed by atoms with Crippen molar-refractivity contribution < 1.29 is 4.39 Å². The van der Waals surface area contributed by atoms with Crippen LogP contribution in [0.1, 0.15) is 16.8 Å². The zero-order valence-electron chi connectivity index (χ0n) is 13.6. The Bertz CT molecular complexity index is 941. The molecule has 0 saturated heterocycles. The molecule has 0 atom stereocenters. The fourth-order valence-electron chi connectivity index (χ4n) is 2.38. The molecule has 0 aliphatic rings. The molecule has 0 spiro atoms. The van der Waals surface area contributed by atoms with Crippen molar-refractivity contribution in [2.75, 3.05) is 0 Å². The van der Waals surface area contributed by atoms with Crippen molar-refractivity contribution >= 4 is 23.4 Å². The fraction of sp³-hybridized carbons (Fsp3) is 0.158. The Morgan fingerprint density at radius 3 is 2.60 bits per heavy atom. The maximum Gasteiger partial charge on any atom is 0.254 e. The van der Waals surface area contributed by atoms with E-state index in [-0.39, 0.29) is 11.4 Å². The summed E-state index contributed by atoms with van der Waals surface area (Å²) in [6, 6.07) is 15.2. The molecular formula is C19H16ClFN2OS. The summed E-state index contributed by atoms with van der Waals surface area (Å²) in [6.07, 6.45) is 0. The van der Waals surface area contributed by atoms with Gasteiger partial charge in [0.15, 0.2) is 5.16 Å². The zero-order valence-corrected chi connectivity index (χ0v) is 15.1. The van der Waals surface area contributed by atoms with Gasteiger partial charge in [-0.2, -0.15) is 0 Å². The fourth-order valence-corrected chi connectivity index (χ4v) is 3.72. The Balaban J connectivity index is 1.88. The molecule has 25 heavy (non-hydrogen) atoms. The molecule has 0 aliphatic carbocycles. The second kappa shape index (κ2) is 7.85. The molecule has 2 aromatic carbocycles. The topological polar surface area (TPSA) is 34.9 Å². The lowest BCUT2D eigenvalue weighted by atomic mass is 10.2. The van der Waals surface area contributed by atoms with E-state index in [4.69, 9.17) is 11.6 Å². The van der Waals surface area contributed by atoms with E-state index >= 15 is 0 Å².